The van der Waals surface area contributed by atoms with Crippen LogP contribution >= 0.6 is 0 Å². The third-order valence-electron chi connectivity index (χ3n) is 5.69. The van der Waals surface area contributed by atoms with Crippen LogP contribution in [-0.4, -0.2) is 86.2 Å². The molecule has 3 aromatic rings. The normalized spacial score (nSPS) is 19.4. The van der Waals surface area contributed by atoms with E-state index < -0.39 is 6.04 Å². The molecule has 5 rings (SSSR count). The van der Waals surface area contributed by atoms with Gasteiger partial charge in [0.05, 0.1) is 18.7 Å². The number of imidazole rings is 1. The van der Waals surface area contributed by atoms with Crippen molar-refractivity contribution in [2.24, 2.45) is 0 Å². The van der Waals surface area contributed by atoms with Crippen LogP contribution in [0, 0.1) is 0 Å². The maximum atomic E-state index is 13.1. The van der Waals surface area contributed by atoms with E-state index in [2.05, 4.69) is 9.97 Å². The molecule has 9 heteroatoms. The zero-order valence-electron chi connectivity index (χ0n) is 16.4. The molecule has 0 saturated carbocycles. The van der Waals surface area contributed by atoms with Gasteiger partial charge in [-0.3, -0.25) is 19.0 Å². The van der Waals surface area contributed by atoms with E-state index >= 15 is 0 Å². The summed E-state index contributed by atoms with van der Waals surface area (Å²) < 4.78 is 1.87. The molecule has 152 valence electrons. The summed E-state index contributed by atoms with van der Waals surface area (Å²) in [6.07, 6.45) is 3.22. The molecular weight excluding hydrogens is 384 g/mol. The number of aromatic nitrogens is 3. The molecule has 1 aromatic carbocycles. The topological polar surface area (TPSA) is 91.6 Å². The number of amides is 3. The third-order valence-corrected chi connectivity index (χ3v) is 5.69. The number of carbonyl (C=O) groups is 3. The Labute approximate surface area is 172 Å². The number of nitrogens with zero attached hydrogens (tertiary/aromatic N) is 6. The Morgan fingerprint density at radius 3 is 2.70 bits per heavy atom. The summed E-state index contributed by atoms with van der Waals surface area (Å²) >= 11 is 0. The average Bonchev–Trinajstić information content (AvgIpc) is 3.20. The zero-order chi connectivity index (χ0) is 20.8. The monoisotopic (exact) mass is 404 g/mol. The number of fused-ring (bicyclic) bond motifs is 2. The molecule has 2 aliphatic rings. The molecule has 0 N–H and O–H groups in total. The van der Waals surface area contributed by atoms with Crippen molar-refractivity contribution in [3.05, 3.63) is 54.5 Å². The molecule has 2 fully saturated rings. The smallest absolute Gasteiger partial charge is 0.255 e. The standard InChI is InChI=1S/C21H20N6O3/c1-24-12-18(28)26-8-7-25(11-17(26)21(24)30)20(29)14-9-16-19(22-10-14)27(13-23-16)15-5-3-2-4-6-15/h2-6,9-10,13,17H,7-8,11-12H2,1H3. The molecule has 2 saturated heterocycles. The lowest BCUT2D eigenvalue weighted by atomic mass is 10.1. The molecule has 2 aromatic heterocycles. The highest BCUT2D eigenvalue weighted by Gasteiger charge is 2.42. The summed E-state index contributed by atoms with van der Waals surface area (Å²) in [6.45, 7) is 1.01. The first-order valence-corrected chi connectivity index (χ1v) is 9.75. The first kappa shape index (κ1) is 18.3. The van der Waals surface area contributed by atoms with Gasteiger partial charge >= 0.3 is 0 Å². The van der Waals surface area contributed by atoms with Gasteiger partial charge in [0, 0.05) is 32.0 Å². The SMILES string of the molecule is CN1CC(=O)N2CCN(C(=O)c3cnc4c(c3)ncn4-c3ccccc3)CC2C1=O. The van der Waals surface area contributed by atoms with Gasteiger partial charge in [-0.2, -0.15) is 0 Å². The van der Waals surface area contributed by atoms with Crippen LogP contribution in [-0.2, 0) is 9.59 Å². The summed E-state index contributed by atoms with van der Waals surface area (Å²) in [4.78, 5) is 51.3. The summed E-state index contributed by atoms with van der Waals surface area (Å²) in [5.41, 5.74) is 2.63. The summed E-state index contributed by atoms with van der Waals surface area (Å²) in [7, 11) is 1.61. The third kappa shape index (κ3) is 2.90. The minimum Gasteiger partial charge on any atom is -0.335 e. The van der Waals surface area contributed by atoms with Crippen LogP contribution in [0.25, 0.3) is 16.9 Å². The molecule has 4 heterocycles. The van der Waals surface area contributed by atoms with E-state index in [4.69, 9.17) is 0 Å². The first-order valence-electron chi connectivity index (χ1n) is 9.75. The van der Waals surface area contributed by atoms with E-state index in [0.29, 0.717) is 29.8 Å². The maximum Gasteiger partial charge on any atom is 0.255 e. The largest absolute Gasteiger partial charge is 0.335 e. The van der Waals surface area contributed by atoms with Crippen molar-refractivity contribution in [2.45, 2.75) is 6.04 Å². The van der Waals surface area contributed by atoms with Crippen LogP contribution in [0.2, 0.25) is 0 Å². The number of hydrogen-bond donors (Lipinski definition) is 0. The Kier molecular flexibility index (Phi) is 4.23. The molecule has 0 aliphatic carbocycles. The quantitative estimate of drug-likeness (QED) is 0.622. The Balaban J connectivity index is 1.40. The lowest BCUT2D eigenvalue weighted by Gasteiger charge is -2.45. The van der Waals surface area contributed by atoms with Crippen LogP contribution < -0.4 is 0 Å². The van der Waals surface area contributed by atoms with E-state index in [-0.39, 0.29) is 30.8 Å². The van der Waals surface area contributed by atoms with Crippen molar-refractivity contribution in [1.82, 2.24) is 29.2 Å². The van der Waals surface area contributed by atoms with Gasteiger partial charge in [-0.05, 0) is 18.2 Å². The van der Waals surface area contributed by atoms with Crippen molar-refractivity contribution in [3.8, 4) is 5.69 Å². The van der Waals surface area contributed by atoms with Gasteiger partial charge in [-0.15, -0.1) is 0 Å². The number of likely N-dealkylation sites (N-methyl/N-ethyl adjacent to an activating group) is 1. The summed E-state index contributed by atoms with van der Waals surface area (Å²) in [5, 5.41) is 0. The van der Waals surface area contributed by atoms with E-state index in [1.807, 2.05) is 34.9 Å². The fraction of sp³-hybridized carbons (Fsp3) is 0.286. The minimum absolute atomic E-state index is 0.0799. The van der Waals surface area contributed by atoms with Gasteiger partial charge in [-0.1, -0.05) is 18.2 Å². The van der Waals surface area contributed by atoms with E-state index in [0.717, 1.165) is 5.69 Å². The molecule has 9 nitrogen and oxygen atoms in total. The zero-order valence-corrected chi connectivity index (χ0v) is 16.4. The number of benzene rings is 1. The molecule has 1 atom stereocenters. The lowest BCUT2D eigenvalue weighted by molar-refractivity contribution is -0.157. The Morgan fingerprint density at radius 2 is 1.90 bits per heavy atom. The van der Waals surface area contributed by atoms with Gasteiger partial charge in [-0.25, -0.2) is 9.97 Å². The maximum absolute atomic E-state index is 13.1. The second-order valence-electron chi connectivity index (χ2n) is 7.57. The highest BCUT2D eigenvalue weighted by Crippen LogP contribution is 2.21. The number of para-hydroxylation sites is 1. The first-order chi connectivity index (χ1) is 14.5. The number of hydrogen-bond acceptors (Lipinski definition) is 5. The molecule has 0 bridgehead atoms. The van der Waals surface area contributed by atoms with E-state index in [1.165, 1.54) is 11.1 Å². The van der Waals surface area contributed by atoms with Crippen LogP contribution in [0.4, 0.5) is 0 Å². The number of piperazine rings is 2. The fourth-order valence-corrected chi connectivity index (χ4v) is 4.08. The van der Waals surface area contributed by atoms with Crippen LogP contribution in [0.15, 0.2) is 48.9 Å². The fourth-order valence-electron chi connectivity index (χ4n) is 4.08. The molecule has 30 heavy (non-hydrogen) atoms. The highest BCUT2D eigenvalue weighted by atomic mass is 16.2. The predicted octanol–water partition coefficient (Wildman–Crippen LogP) is 0.545. The van der Waals surface area contributed by atoms with Crippen molar-refractivity contribution < 1.29 is 14.4 Å². The molecule has 3 amide bonds. The summed E-state index contributed by atoms with van der Waals surface area (Å²) in [6, 6.07) is 10.8. The van der Waals surface area contributed by atoms with Crippen LogP contribution in [0.5, 0.6) is 0 Å². The van der Waals surface area contributed by atoms with Gasteiger partial charge in [0.1, 0.15) is 17.9 Å². The average molecular weight is 404 g/mol. The van der Waals surface area contributed by atoms with E-state index in [9.17, 15) is 14.4 Å². The molecule has 0 spiro atoms. The number of carbonyl (C=O) groups excluding carboxylic acids is 3. The summed E-state index contributed by atoms with van der Waals surface area (Å²) in [5.74, 6) is -0.433. The van der Waals surface area contributed by atoms with Crippen molar-refractivity contribution in [1.29, 1.82) is 0 Å². The van der Waals surface area contributed by atoms with Crippen LogP contribution in [0.1, 0.15) is 10.4 Å². The van der Waals surface area contributed by atoms with Gasteiger partial charge in [0.25, 0.3) is 5.91 Å². The second-order valence-corrected chi connectivity index (χ2v) is 7.57. The van der Waals surface area contributed by atoms with Crippen LogP contribution in [0.3, 0.4) is 0 Å². The number of pyridine rings is 1. The Morgan fingerprint density at radius 1 is 1.10 bits per heavy atom. The van der Waals surface area contributed by atoms with Crippen molar-refractivity contribution >= 4 is 28.9 Å². The van der Waals surface area contributed by atoms with Crippen molar-refractivity contribution in [3.63, 3.8) is 0 Å². The minimum atomic E-state index is -0.622. The lowest BCUT2D eigenvalue weighted by Crippen LogP contribution is -2.66. The number of rotatable bonds is 2. The van der Waals surface area contributed by atoms with Gasteiger partial charge in [0.2, 0.25) is 11.8 Å². The van der Waals surface area contributed by atoms with E-state index in [1.54, 1.807) is 29.2 Å². The molecule has 2 aliphatic heterocycles. The Bertz CT molecular complexity index is 1160. The van der Waals surface area contributed by atoms with Crippen molar-refractivity contribution in [2.75, 3.05) is 33.2 Å². The Hall–Kier alpha value is -3.75. The van der Waals surface area contributed by atoms with Gasteiger partial charge < -0.3 is 14.7 Å². The highest BCUT2D eigenvalue weighted by molar-refractivity contribution is 5.99. The van der Waals surface area contributed by atoms with Gasteiger partial charge in [0.15, 0.2) is 5.65 Å². The molecule has 1 unspecified atom stereocenters. The predicted molar refractivity (Wildman–Crippen MR) is 108 cm³/mol. The second kappa shape index (κ2) is 6.94. The molecule has 0 radical (unpaired) electrons. The molecular formula is C21H20N6O3.